The Bertz CT molecular complexity index is 541. The van der Waals surface area contributed by atoms with Crippen LogP contribution < -0.4 is 4.90 Å². The Labute approximate surface area is 146 Å². The zero-order chi connectivity index (χ0) is 17.1. The lowest BCUT2D eigenvalue weighted by Crippen LogP contribution is -2.55. The van der Waals surface area contributed by atoms with Gasteiger partial charge in [-0.2, -0.15) is 0 Å². The van der Waals surface area contributed by atoms with Gasteiger partial charge in [0.05, 0.1) is 6.54 Å². The highest BCUT2D eigenvalue weighted by molar-refractivity contribution is 5.95. The third-order valence-electron chi connectivity index (χ3n) is 5.76. The van der Waals surface area contributed by atoms with E-state index >= 15 is 0 Å². The molecule has 0 aliphatic carbocycles. The summed E-state index contributed by atoms with van der Waals surface area (Å²) in [4.78, 5) is 20.0. The second-order valence-electron chi connectivity index (χ2n) is 7.65. The minimum atomic E-state index is 0.261. The minimum absolute atomic E-state index is 0.261. The lowest BCUT2D eigenvalue weighted by molar-refractivity contribution is -0.120. The predicted octanol–water partition coefficient (Wildman–Crippen LogP) is 2.84. The number of nitrogens with zero attached hydrogens (tertiary/aromatic N) is 3. The van der Waals surface area contributed by atoms with Gasteiger partial charge < -0.3 is 9.80 Å². The first kappa shape index (κ1) is 17.4. The summed E-state index contributed by atoms with van der Waals surface area (Å²) in [6.07, 6.45) is 3.48. The quantitative estimate of drug-likeness (QED) is 0.850. The molecule has 1 aromatic rings. The third kappa shape index (κ3) is 3.81. The van der Waals surface area contributed by atoms with Crippen LogP contribution in [0.3, 0.4) is 0 Å². The van der Waals surface area contributed by atoms with Crippen molar-refractivity contribution in [3.63, 3.8) is 0 Å². The highest BCUT2D eigenvalue weighted by Gasteiger charge is 2.36. The van der Waals surface area contributed by atoms with Gasteiger partial charge >= 0.3 is 0 Å². The number of piperidine rings is 1. The van der Waals surface area contributed by atoms with Crippen molar-refractivity contribution in [3.05, 3.63) is 30.3 Å². The average molecular weight is 329 g/mol. The largest absolute Gasteiger partial charge is 0.308 e. The van der Waals surface area contributed by atoms with Gasteiger partial charge in [-0.1, -0.05) is 25.1 Å². The van der Waals surface area contributed by atoms with Crippen molar-refractivity contribution in [2.45, 2.75) is 45.2 Å². The monoisotopic (exact) mass is 329 g/mol. The third-order valence-corrected chi connectivity index (χ3v) is 5.76. The van der Waals surface area contributed by atoms with Gasteiger partial charge in [0.15, 0.2) is 0 Å². The van der Waals surface area contributed by atoms with Crippen molar-refractivity contribution in [2.24, 2.45) is 5.92 Å². The van der Waals surface area contributed by atoms with Crippen molar-refractivity contribution in [2.75, 3.05) is 38.1 Å². The van der Waals surface area contributed by atoms with Crippen LogP contribution in [0.2, 0.25) is 0 Å². The molecule has 24 heavy (non-hydrogen) atoms. The van der Waals surface area contributed by atoms with Gasteiger partial charge in [-0.25, -0.2) is 0 Å². The molecule has 2 heterocycles. The first-order valence-electron chi connectivity index (χ1n) is 9.36. The topological polar surface area (TPSA) is 26.8 Å². The number of hydrogen-bond donors (Lipinski definition) is 0. The first-order valence-corrected chi connectivity index (χ1v) is 9.36. The van der Waals surface area contributed by atoms with Crippen LogP contribution in [-0.4, -0.2) is 61.0 Å². The van der Waals surface area contributed by atoms with Gasteiger partial charge in [0.25, 0.3) is 0 Å². The highest BCUT2D eigenvalue weighted by atomic mass is 16.2. The SMILES string of the molecule is CC1CN(C)C(C)CC1N(C(=O)CN1CCCC1)c1ccccc1. The van der Waals surface area contributed by atoms with Gasteiger partial charge in [0.1, 0.15) is 0 Å². The van der Waals surface area contributed by atoms with E-state index in [1.807, 2.05) is 18.2 Å². The van der Waals surface area contributed by atoms with Crippen molar-refractivity contribution in [1.82, 2.24) is 9.80 Å². The van der Waals surface area contributed by atoms with Gasteiger partial charge in [-0.15, -0.1) is 0 Å². The maximum Gasteiger partial charge on any atom is 0.241 e. The van der Waals surface area contributed by atoms with Crippen LogP contribution in [-0.2, 0) is 4.79 Å². The summed E-state index contributed by atoms with van der Waals surface area (Å²) < 4.78 is 0. The number of para-hydroxylation sites is 1. The molecule has 1 aromatic carbocycles. The van der Waals surface area contributed by atoms with Crippen LogP contribution in [0.15, 0.2) is 30.3 Å². The van der Waals surface area contributed by atoms with Gasteiger partial charge in [0.2, 0.25) is 5.91 Å². The van der Waals surface area contributed by atoms with E-state index in [0.29, 0.717) is 18.5 Å². The number of benzene rings is 1. The number of carbonyl (C=O) groups excluding carboxylic acids is 1. The second-order valence-corrected chi connectivity index (χ2v) is 7.65. The van der Waals surface area contributed by atoms with E-state index in [9.17, 15) is 4.79 Å². The van der Waals surface area contributed by atoms with Crippen LogP contribution in [0.5, 0.6) is 0 Å². The molecule has 1 amide bonds. The summed E-state index contributed by atoms with van der Waals surface area (Å²) in [5.41, 5.74) is 1.05. The summed E-state index contributed by atoms with van der Waals surface area (Å²) >= 11 is 0. The van der Waals surface area contributed by atoms with Crippen LogP contribution in [0.25, 0.3) is 0 Å². The normalized spacial score (nSPS) is 28.9. The maximum atomic E-state index is 13.2. The lowest BCUT2D eigenvalue weighted by atomic mass is 9.88. The second kappa shape index (κ2) is 7.66. The number of likely N-dealkylation sites (tertiary alicyclic amines) is 2. The molecule has 0 spiro atoms. The van der Waals surface area contributed by atoms with Crippen molar-refractivity contribution >= 4 is 11.6 Å². The molecule has 0 saturated carbocycles. The fraction of sp³-hybridized carbons (Fsp3) is 0.650. The van der Waals surface area contributed by atoms with E-state index < -0.39 is 0 Å². The van der Waals surface area contributed by atoms with Crippen molar-refractivity contribution < 1.29 is 4.79 Å². The summed E-state index contributed by atoms with van der Waals surface area (Å²) in [6.45, 7) is 8.29. The molecule has 3 atom stereocenters. The van der Waals surface area contributed by atoms with E-state index in [-0.39, 0.29) is 11.9 Å². The zero-order valence-electron chi connectivity index (χ0n) is 15.3. The highest BCUT2D eigenvalue weighted by Crippen LogP contribution is 2.30. The fourth-order valence-corrected chi connectivity index (χ4v) is 4.19. The molecule has 0 radical (unpaired) electrons. The van der Waals surface area contributed by atoms with E-state index in [0.717, 1.165) is 31.7 Å². The minimum Gasteiger partial charge on any atom is -0.308 e. The van der Waals surface area contributed by atoms with Crippen molar-refractivity contribution in [3.8, 4) is 0 Å². The molecule has 2 saturated heterocycles. The molecule has 0 bridgehead atoms. The molecule has 3 rings (SSSR count). The molecular weight excluding hydrogens is 298 g/mol. The molecule has 4 heteroatoms. The van der Waals surface area contributed by atoms with E-state index in [4.69, 9.17) is 0 Å². The molecule has 3 unspecified atom stereocenters. The first-order chi connectivity index (χ1) is 11.6. The number of rotatable bonds is 4. The molecular formula is C20H31N3O. The summed E-state index contributed by atoms with van der Waals surface area (Å²) in [5, 5.41) is 0. The van der Waals surface area contributed by atoms with Crippen molar-refractivity contribution in [1.29, 1.82) is 0 Å². The summed E-state index contributed by atoms with van der Waals surface area (Å²) in [7, 11) is 2.19. The van der Waals surface area contributed by atoms with Gasteiger partial charge in [-0.3, -0.25) is 9.69 Å². The maximum absolute atomic E-state index is 13.2. The smallest absolute Gasteiger partial charge is 0.241 e. The molecule has 2 aliphatic heterocycles. The van der Waals surface area contributed by atoms with E-state index in [1.54, 1.807) is 0 Å². The van der Waals surface area contributed by atoms with Gasteiger partial charge in [0, 0.05) is 24.3 Å². The molecule has 2 fully saturated rings. The van der Waals surface area contributed by atoms with Gasteiger partial charge in [-0.05, 0) is 64.4 Å². The molecule has 2 aliphatic rings. The summed E-state index contributed by atoms with van der Waals surface area (Å²) in [5.74, 6) is 0.741. The Balaban J connectivity index is 1.83. The predicted molar refractivity (Wildman–Crippen MR) is 99.3 cm³/mol. The molecule has 132 valence electrons. The van der Waals surface area contributed by atoms with Crippen LogP contribution >= 0.6 is 0 Å². The average Bonchev–Trinajstić information content (AvgIpc) is 3.06. The Morgan fingerprint density at radius 2 is 1.83 bits per heavy atom. The molecule has 4 nitrogen and oxygen atoms in total. The van der Waals surface area contributed by atoms with Crippen LogP contribution in [0.1, 0.15) is 33.1 Å². The van der Waals surface area contributed by atoms with Crippen LogP contribution in [0.4, 0.5) is 5.69 Å². The fourth-order valence-electron chi connectivity index (χ4n) is 4.19. The number of amides is 1. The lowest BCUT2D eigenvalue weighted by Gasteiger charge is -2.45. The van der Waals surface area contributed by atoms with E-state index in [2.05, 4.69) is 47.7 Å². The Morgan fingerprint density at radius 1 is 1.17 bits per heavy atom. The number of anilines is 1. The zero-order valence-corrected chi connectivity index (χ0v) is 15.3. The van der Waals surface area contributed by atoms with Crippen LogP contribution in [0, 0.1) is 5.92 Å². The van der Waals surface area contributed by atoms with E-state index in [1.165, 1.54) is 12.8 Å². The molecule has 0 N–H and O–H groups in total. The Kier molecular flexibility index (Phi) is 5.57. The molecule has 0 aromatic heterocycles. The Morgan fingerprint density at radius 3 is 2.50 bits per heavy atom. The Hall–Kier alpha value is -1.39. The standard InChI is InChI=1S/C20H31N3O/c1-16-14-21(3)17(2)13-19(16)23(18-9-5-4-6-10-18)20(24)15-22-11-7-8-12-22/h4-6,9-10,16-17,19H,7-8,11-15H2,1-3H3. The number of carbonyl (C=O) groups is 1. The summed E-state index contributed by atoms with van der Waals surface area (Å²) in [6, 6.07) is 11.1. The number of hydrogen-bond acceptors (Lipinski definition) is 3.